The summed E-state index contributed by atoms with van der Waals surface area (Å²) in [6, 6.07) is 2.91. The molecule has 0 atom stereocenters. The quantitative estimate of drug-likeness (QED) is 0.751. The first-order valence-electron chi connectivity index (χ1n) is 3.62. The van der Waals surface area contributed by atoms with E-state index in [1.807, 2.05) is 0 Å². The van der Waals surface area contributed by atoms with Gasteiger partial charge in [-0.1, -0.05) is 0 Å². The normalized spacial score (nSPS) is 10.7. The van der Waals surface area contributed by atoms with Crippen LogP contribution < -0.4 is 5.32 Å². The Morgan fingerprint density at radius 2 is 2.33 bits per heavy atom. The number of halogens is 2. The third-order valence-electron chi connectivity index (χ3n) is 1.50. The van der Waals surface area contributed by atoms with Crippen molar-refractivity contribution in [2.45, 2.75) is 13.0 Å². The van der Waals surface area contributed by atoms with Crippen molar-refractivity contribution in [3.8, 4) is 0 Å². The number of pyridine rings is 1. The van der Waals surface area contributed by atoms with E-state index >= 15 is 0 Å². The van der Waals surface area contributed by atoms with E-state index in [0.29, 0.717) is 12.2 Å². The number of alkyl halides is 2. The molecule has 0 aliphatic rings. The predicted molar refractivity (Wildman–Crippen MR) is 42.0 cm³/mol. The second kappa shape index (κ2) is 4.11. The van der Waals surface area contributed by atoms with Crippen LogP contribution in [0.5, 0.6) is 0 Å². The van der Waals surface area contributed by atoms with Crippen LogP contribution in [0.3, 0.4) is 0 Å². The lowest BCUT2D eigenvalue weighted by Crippen LogP contribution is -2.09. The van der Waals surface area contributed by atoms with E-state index < -0.39 is 6.43 Å². The maximum absolute atomic E-state index is 12.3. The van der Waals surface area contributed by atoms with E-state index in [9.17, 15) is 8.78 Å². The lowest BCUT2D eigenvalue weighted by molar-refractivity contribution is 0.149. The van der Waals surface area contributed by atoms with Crippen LogP contribution in [0, 0.1) is 0 Å². The summed E-state index contributed by atoms with van der Waals surface area (Å²) < 4.78 is 24.6. The maximum Gasteiger partial charge on any atom is 0.265 e. The lowest BCUT2D eigenvalue weighted by Gasteiger charge is -2.05. The molecule has 1 heterocycles. The largest absolute Gasteiger partial charge is 0.314 e. The van der Waals surface area contributed by atoms with Gasteiger partial charge < -0.3 is 5.32 Å². The molecule has 0 spiro atoms. The average molecular weight is 172 g/mol. The van der Waals surface area contributed by atoms with E-state index in [2.05, 4.69) is 10.3 Å². The predicted octanol–water partition coefficient (Wildman–Crippen LogP) is 1.74. The monoisotopic (exact) mass is 172 g/mol. The number of hydrogen-bond donors (Lipinski definition) is 1. The van der Waals surface area contributed by atoms with Crippen LogP contribution in [0.25, 0.3) is 0 Å². The summed E-state index contributed by atoms with van der Waals surface area (Å²) in [5.74, 6) is 0. The van der Waals surface area contributed by atoms with Gasteiger partial charge in [0, 0.05) is 18.3 Å². The molecule has 0 aliphatic heterocycles. The van der Waals surface area contributed by atoms with Gasteiger partial charge in [0.1, 0.15) is 0 Å². The van der Waals surface area contributed by atoms with Crippen LogP contribution >= 0.6 is 0 Å². The zero-order valence-corrected chi connectivity index (χ0v) is 6.72. The van der Waals surface area contributed by atoms with Crippen LogP contribution in [-0.4, -0.2) is 12.0 Å². The van der Waals surface area contributed by atoms with Crippen LogP contribution in [0.1, 0.15) is 17.7 Å². The molecule has 0 amide bonds. The molecule has 1 aromatic heterocycles. The molecule has 2 nitrogen and oxygen atoms in total. The first kappa shape index (κ1) is 9.06. The molecule has 0 unspecified atom stereocenters. The van der Waals surface area contributed by atoms with Crippen molar-refractivity contribution in [3.05, 3.63) is 29.6 Å². The Morgan fingerprint density at radius 3 is 2.92 bits per heavy atom. The highest BCUT2D eigenvalue weighted by Crippen LogP contribution is 2.20. The highest BCUT2D eigenvalue weighted by atomic mass is 19.3. The molecule has 1 N–H and O–H groups in total. The summed E-state index contributed by atoms with van der Waals surface area (Å²) in [7, 11) is 1.70. The van der Waals surface area contributed by atoms with Gasteiger partial charge in [-0.05, 0) is 19.2 Å². The molecule has 0 aromatic carbocycles. The average Bonchev–Trinajstić information content (AvgIpc) is 2.05. The minimum absolute atomic E-state index is 0.00634. The molecule has 66 valence electrons. The Hall–Kier alpha value is -1.03. The van der Waals surface area contributed by atoms with Crippen molar-refractivity contribution in [2.24, 2.45) is 0 Å². The minimum atomic E-state index is -2.44. The zero-order valence-electron chi connectivity index (χ0n) is 6.72. The molecule has 12 heavy (non-hydrogen) atoms. The standard InChI is InChI=1S/C8H10F2N2/c1-11-5-7-6(8(9)10)3-2-4-12-7/h2-4,8,11H,5H2,1H3. The second-order valence-corrected chi connectivity index (χ2v) is 2.37. The number of nitrogens with one attached hydrogen (secondary N) is 1. The van der Waals surface area contributed by atoms with Crippen molar-refractivity contribution in [3.63, 3.8) is 0 Å². The molecule has 0 saturated carbocycles. The summed E-state index contributed by atoms with van der Waals surface area (Å²) in [4.78, 5) is 3.85. The number of rotatable bonds is 3. The molecule has 0 fully saturated rings. The second-order valence-electron chi connectivity index (χ2n) is 2.37. The fourth-order valence-electron chi connectivity index (χ4n) is 0.964. The van der Waals surface area contributed by atoms with Gasteiger partial charge in [0.05, 0.1) is 5.69 Å². The summed E-state index contributed by atoms with van der Waals surface area (Å²) >= 11 is 0. The smallest absolute Gasteiger partial charge is 0.265 e. The highest BCUT2D eigenvalue weighted by molar-refractivity contribution is 5.20. The van der Waals surface area contributed by atoms with Crippen LogP contribution in [0.15, 0.2) is 18.3 Å². The molecule has 0 aliphatic carbocycles. The van der Waals surface area contributed by atoms with Gasteiger partial charge in [-0.25, -0.2) is 8.78 Å². The van der Waals surface area contributed by atoms with Gasteiger partial charge >= 0.3 is 0 Å². The summed E-state index contributed by atoms with van der Waals surface area (Å²) in [6.07, 6.45) is -0.930. The van der Waals surface area contributed by atoms with Crippen LogP contribution in [0.4, 0.5) is 8.78 Å². The number of hydrogen-bond acceptors (Lipinski definition) is 2. The molecule has 0 saturated heterocycles. The van der Waals surface area contributed by atoms with E-state index in [0.717, 1.165) is 0 Å². The lowest BCUT2D eigenvalue weighted by atomic mass is 10.2. The fourth-order valence-corrected chi connectivity index (χ4v) is 0.964. The molecule has 0 bridgehead atoms. The number of aromatic nitrogens is 1. The Kier molecular flexibility index (Phi) is 3.10. The van der Waals surface area contributed by atoms with Gasteiger partial charge in [0.25, 0.3) is 6.43 Å². The highest BCUT2D eigenvalue weighted by Gasteiger charge is 2.11. The van der Waals surface area contributed by atoms with E-state index in [1.165, 1.54) is 18.3 Å². The van der Waals surface area contributed by atoms with Gasteiger partial charge in [-0.2, -0.15) is 0 Å². The third kappa shape index (κ3) is 1.98. The van der Waals surface area contributed by atoms with Crippen LogP contribution in [0.2, 0.25) is 0 Å². The Labute approximate surface area is 69.6 Å². The maximum atomic E-state index is 12.3. The van der Waals surface area contributed by atoms with Crippen molar-refractivity contribution >= 4 is 0 Å². The summed E-state index contributed by atoms with van der Waals surface area (Å²) in [6.45, 7) is 0.376. The third-order valence-corrected chi connectivity index (χ3v) is 1.50. The Balaban J connectivity index is 2.92. The van der Waals surface area contributed by atoms with Crippen LogP contribution in [-0.2, 0) is 6.54 Å². The molecule has 0 radical (unpaired) electrons. The molecular weight excluding hydrogens is 162 g/mol. The zero-order chi connectivity index (χ0) is 8.97. The van der Waals surface area contributed by atoms with E-state index in [-0.39, 0.29) is 5.56 Å². The summed E-state index contributed by atoms with van der Waals surface area (Å²) in [5, 5.41) is 2.78. The van der Waals surface area contributed by atoms with E-state index in [4.69, 9.17) is 0 Å². The first-order valence-corrected chi connectivity index (χ1v) is 3.62. The van der Waals surface area contributed by atoms with Gasteiger partial charge in [-0.15, -0.1) is 0 Å². The summed E-state index contributed by atoms with van der Waals surface area (Å²) in [5.41, 5.74) is 0.418. The van der Waals surface area contributed by atoms with Crippen molar-refractivity contribution in [2.75, 3.05) is 7.05 Å². The molecule has 1 rings (SSSR count). The van der Waals surface area contributed by atoms with Crippen molar-refractivity contribution in [1.82, 2.24) is 10.3 Å². The topological polar surface area (TPSA) is 24.9 Å². The molecular formula is C8H10F2N2. The number of nitrogens with zero attached hydrogens (tertiary/aromatic N) is 1. The van der Waals surface area contributed by atoms with Crippen molar-refractivity contribution < 1.29 is 8.78 Å². The van der Waals surface area contributed by atoms with Gasteiger partial charge in [-0.3, -0.25) is 4.98 Å². The van der Waals surface area contributed by atoms with Gasteiger partial charge in [0.2, 0.25) is 0 Å². The Bertz CT molecular complexity index is 251. The molecule has 4 heteroatoms. The molecule has 1 aromatic rings. The minimum Gasteiger partial charge on any atom is -0.314 e. The fraction of sp³-hybridized carbons (Fsp3) is 0.375. The van der Waals surface area contributed by atoms with Gasteiger partial charge in [0.15, 0.2) is 0 Å². The van der Waals surface area contributed by atoms with Crippen molar-refractivity contribution in [1.29, 1.82) is 0 Å². The SMILES string of the molecule is CNCc1ncccc1C(F)F. The first-order chi connectivity index (χ1) is 5.75. The Morgan fingerprint density at radius 1 is 1.58 bits per heavy atom. The van der Waals surface area contributed by atoms with E-state index in [1.54, 1.807) is 7.05 Å².